The van der Waals surface area contributed by atoms with E-state index in [0.717, 1.165) is 4.73 Å². The maximum Gasteiger partial charge on any atom is 0.217 e. The topological polar surface area (TPSA) is 26.9 Å². The zero-order valence-corrected chi connectivity index (χ0v) is 5.90. The third-order valence-electron chi connectivity index (χ3n) is 1.20. The van der Waals surface area contributed by atoms with E-state index in [0.29, 0.717) is 5.69 Å². The second-order valence-corrected chi connectivity index (χ2v) is 1.95. The molecule has 1 aromatic heterocycles. The predicted molar refractivity (Wildman–Crippen MR) is 43.3 cm³/mol. The van der Waals surface area contributed by atoms with E-state index in [9.17, 15) is 5.21 Å². The summed E-state index contributed by atoms with van der Waals surface area (Å²) < 4.78 is 0.758. The molecule has 1 aromatic rings. The maximum absolute atomic E-state index is 10.9. The molecule has 2 nitrogen and oxygen atoms in total. The molecule has 0 fully saturated rings. The lowest BCUT2D eigenvalue weighted by Gasteiger charge is -1.96. The second-order valence-electron chi connectivity index (χ2n) is 1.95. The van der Waals surface area contributed by atoms with Crippen LogP contribution in [0.1, 0.15) is 5.69 Å². The summed E-state index contributed by atoms with van der Waals surface area (Å²) in [6.07, 6.45) is 9.49. The molecule has 1 rings (SSSR count). The van der Waals surface area contributed by atoms with E-state index in [-0.39, 0.29) is 0 Å². The minimum Gasteiger partial charge on any atom is -0.618 e. The van der Waals surface area contributed by atoms with Gasteiger partial charge >= 0.3 is 0 Å². The SMILES string of the molecule is C#C/C=C\c1cccc[n+]1[O-]. The highest BCUT2D eigenvalue weighted by Gasteiger charge is 1.94. The van der Waals surface area contributed by atoms with Crippen molar-refractivity contribution in [2.45, 2.75) is 0 Å². The highest BCUT2D eigenvalue weighted by Crippen LogP contribution is 1.92. The smallest absolute Gasteiger partial charge is 0.217 e. The molecule has 0 unspecified atom stereocenters. The van der Waals surface area contributed by atoms with Crippen molar-refractivity contribution in [3.8, 4) is 12.3 Å². The third kappa shape index (κ3) is 1.84. The Morgan fingerprint density at radius 3 is 3.00 bits per heavy atom. The summed E-state index contributed by atoms with van der Waals surface area (Å²) in [4.78, 5) is 0. The van der Waals surface area contributed by atoms with Crippen molar-refractivity contribution in [1.29, 1.82) is 0 Å². The van der Waals surface area contributed by atoms with Crippen LogP contribution in [-0.4, -0.2) is 0 Å². The molecule has 1 heterocycles. The normalized spacial score (nSPS) is 9.73. The summed E-state index contributed by atoms with van der Waals surface area (Å²) >= 11 is 0. The number of hydrogen-bond acceptors (Lipinski definition) is 1. The van der Waals surface area contributed by atoms with Crippen molar-refractivity contribution >= 4 is 6.08 Å². The number of allylic oxidation sites excluding steroid dienone is 1. The molecule has 0 aromatic carbocycles. The monoisotopic (exact) mass is 145 g/mol. The van der Waals surface area contributed by atoms with Crippen molar-refractivity contribution in [3.63, 3.8) is 0 Å². The summed E-state index contributed by atoms with van der Waals surface area (Å²) in [5, 5.41) is 10.9. The number of rotatable bonds is 1. The second kappa shape index (κ2) is 3.43. The van der Waals surface area contributed by atoms with E-state index in [1.807, 2.05) is 0 Å². The van der Waals surface area contributed by atoms with Gasteiger partial charge in [-0.15, -0.1) is 6.42 Å². The molecule has 54 valence electrons. The molecule has 11 heavy (non-hydrogen) atoms. The number of nitrogens with zero attached hydrogens (tertiary/aromatic N) is 1. The molecule has 0 aliphatic rings. The molecule has 0 atom stereocenters. The van der Waals surface area contributed by atoms with Gasteiger partial charge in [-0.3, -0.25) is 0 Å². The molecule has 0 spiro atoms. The minimum absolute atomic E-state index is 0.547. The highest BCUT2D eigenvalue weighted by atomic mass is 16.5. The number of pyridine rings is 1. The first kappa shape index (κ1) is 7.36. The van der Waals surface area contributed by atoms with Gasteiger partial charge in [0.15, 0.2) is 6.20 Å². The number of hydrogen-bond donors (Lipinski definition) is 0. The van der Waals surface area contributed by atoms with Crippen molar-refractivity contribution in [3.05, 3.63) is 41.4 Å². The summed E-state index contributed by atoms with van der Waals surface area (Å²) in [5.41, 5.74) is 0.547. The van der Waals surface area contributed by atoms with Gasteiger partial charge in [0.1, 0.15) is 0 Å². The van der Waals surface area contributed by atoms with Crippen LogP contribution in [0.5, 0.6) is 0 Å². The molecule has 0 bridgehead atoms. The van der Waals surface area contributed by atoms with E-state index in [4.69, 9.17) is 6.42 Å². The first-order valence-electron chi connectivity index (χ1n) is 3.15. The number of aromatic nitrogens is 1. The Morgan fingerprint density at radius 2 is 2.36 bits per heavy atom. The van der Waals surface area contributed by atoms with Crippen LogP contribution >= 0.6 is 0 Å². The Morgan fingerprint density at radius 1 is 1.55 bits per heavy atom. The van der Waals surface area contributed by atoms with Crippen LogP contribution in [0.4, 0.5) is 0 Å². The van der Waals surface area contributed by atoms with E-state index >= 15 is 0 Å². The lowest BCUT2D eigenvalue weighted by molar-refractivity contribution is -0.607. The van der Waals surface area contributed by atoms with Gasteiger partial charge < -0.3 is 5.21 Å². The molecule has 2 heteroatoms. The Bertz CT molecular complexity index is 310. The third-order valence-corrected chi connectivity index (χ3v) is 1.20. The van der Waals surface area contributed by atoms with E-state index < -0.39 is 0 Å². The molecular formula is C9H7NO. The lowest BCUT2D eigenvalue weighted by atomic mass is 10.3. The average Bonchev–Trinajstić information content (AvgIpc) is 2.03. The fourth-order valence-electron chi connectivity index (χ4n) is 0.704. The lowest BCUT2D eigenvalue weighted by Crippen LogP contribution is -2.28. The molecule has 0 saturated heterocycles. The van der Waals surface area contributed by atoms with Crippen LogP contribution in [-0.2, 0) is 0 Å². The van der Waals surface area contributed by atoms with Crippen molar-refractivity contribution in [2.75, 3.05) is 0 Å². The quantitative estimate of drug-likeness (QED) is 0.328. The average molecular weight is 145 g/mol. The fourth-order valence-corrected chi connectivity index (χ4v) is 0.704. The van der Waals surface area contributed by atoms with Crippen LogP contribution in [0.15, 0.2) is 30.5 Å². The first-order chi connectivity index (χ1) is 5.34. The highest BCUT2D eigenvalue weighted by molar-refractivity contribution is 5.45. The summed E-state index contributed by atoms with van der Waals surface area (Å²) in [6.45, 7) is 0. The largest absolute Gasteiger partial charge is 0.618 e. The Kier molecular flexibility index (Phi) is 2.29. The predicted octanol–water partition coefficient (Wildman–Crippen LogP) is 0.966. The van der Waals surface area contributed by atoms with Crippen LogP contribution in [0, 0.1) is 17.6 Å². The summed E-state index contributed by atoms with van der Waals surface area (Å²) in [5.74, 6) is 2.31. The van der Waals surface area contributed by atoms with Crippen LogP contribution in [0.2, 0.25) is 0 Å². The molecular weight excluding hydrogens is 138 g/mol. The Labute approximate surface area is 65.4 Å². The van der Waals surface area contributed by atoms with Crippen molar-refractivity contribution in [1.82, 2.24) is 0 Å². The Hall–Kier alpha value is -1.75. The molecule has 0 aliphatic heterocycles. The van der Waals surface area contributed by atoms with Gasteiger partial charge in [0.05, 0.1) is 0 Å². The van der Waals surface area contributed by atoms with Gasteiger partial charge in [-0.25, -0.2) is 0 Å². The standard InChI is InChI=1S/C9H7NO/c1-2-3-6-9-7-4-5-8-10(9)11/h1,3-8H/b6-3-. The van der Waals surface area contributed by atoms with E-state index in [2.05, 4.69) is 5.92 Å². The van der Waals surface area contributed by atoms with Gasteiger partial charge in [0.25, 0.3) is 0 Å². The summed E-state index contributed by atoms with van der Waals surface area (Å²) in [7, 11) is 0. The van der Waals surface area contributed by atoms with Crippen molar-refractivity contribution < 1.29 is 4.73 Å². The van der Waals surface area contributed by atoms with Crippen LogP contribution in [0.25, 0.3) is 6.08 Å². The van der Waals surface area contributed by atoms with Crippen LogP contribution < -0.4 is 4.73 Å². The molecule has 0 saturated carbocycles. The maximum atomic E-state index is 10.9. The zero-order valence-electron chi connectivity index (χ0n) is 5.90. The minimum atomic E-state index is 0.547. The van der Waals surface area contributed by atoms with E-state index in [1.165, 1.54) is 12.3 Å². The van der Waals surface area contributed by atoms with Crippen molar-refractivity contribution in [2.24, 2.45) is 0 Å². The van der Waals surface area contributed by atoms with Gasteiger partial charge in [-0.2, -0.15) is 4.73 Å². The summed E-state index contributed by atoms with van der Waals surface area (Å²) in [6, 6.07) is 5.14. The van der Waals surface area contributed by atoms with Gasteiger partial charge in [-0.1, -0.05) is 5.92 Å². The van der Waals surface area contributed by atoms with Gasteiger partial charge in [0, 0.05) is 18.2 Å². The fraction of sp³-hybridized carbons (Fsp3) is 0. The Balaban J connectivity index is 2.97. The first-order valence-corrected chi connectivity index (χ1v) is 3.15. The van der Waals surface area contributed by atoms with Gasteiger partial charge in [-0.05, 0) is 12.1 Å². The van der Waals surface area contributed by atoms with E-state index in [1.54, 1.807) is 24.3 Å². The molecule has 0 aliphatic carbocycles. The molecule has 0 amide bonds. The van der Waals surface area contributed by atoms with Gasteiger partial charge in [0.2, 0.25) is 5.69 Å². The number of terminal acetylenes is 1. The molecule has 0 N–H and O–H groups in total. The zero-order chi connectivity index (χ0) is 8.10. The molecule has 0 radical (unpaired) electrons. The van der Waals surface area contributed by atoms with Crippen LogP contribution in [0.3, 0.4) is 0 Å².